The molecular formula is C52H34Cl4N4O8. The third kappa shape index (κ3) is 9.81. The molecule has 12 nitrogen and oxygen atoms in total. The van der Waals surface area contributed by atoms with Crippen molar-refractivity contribution in [2.45, 2.75) is 0 Å². The van der Waals surface area contributed by atoms with Crippen molar-refractivity contribution in [1.29, 1.82) is 0 Å². The van der Waals surface area contributed by atoms with Gasteiger partial charge in [-0.15, -0.1) is 46.4 Å². The van der Waals surface area contributed by atoms with E-state index in [1.54, 1.807) is 72.8 Å². The van der Waals surface area contributed by atoms with Crippen LogP contribution in [0.5, 0.6) is 23.0 Å². The molecule has 0 radical (unpaired) electrons. The van der Waals surface area contributed by atoms with E-state index in [1.807, 2.05) is 72.8 Å². The van der Waals surface area contributed by atoms with E-state index in [1.165, 1.54) is 0 Å². The van der Waals surface area contributed by atoms with Crippen LogP contribution in [0.2, 0.25) is 0 Å². The van der Waals surface area contributed by atoms with Crippen LogP contribution in [0.25, 0.3) is 90.9 Å². The molecule has 0 atom stereocenters. The van der Waals surface area contributed by atoms with Crippen molar-refractivity contribution in [2.24, 2.45) is 0 Å². The van der Waals surface area contributed by atoms with Crippen molar-refractivity contribution in [2.75, 3.05) is 23.5 Å². The van der Waals surface area contributed by atoms with Crippen LogP contribution in [0.1, 0.15) is 22.8 Å². The van der Waals surface area contributed by atoms with Gasteiger partial charge in [0.2, 0.25) is 0 Å². The molecule has 0 spiro atoms. The molecule has 0 amide bonds. The molecule has 3 aromatic heterocycles. The van der Waals surface area contributed by atoms with Crippen molar-refractivity contribution < 1.29 is 38.1 Å². The highest BCUT2D eigenvalue weighted by Gasteiger charge is 2.21. The van der Waals surface area contributed by atoms with E-state index < -0.39 is 23.9 Å². The van der Waals surface area contributed by atoms with E-state index >= 15 is 0 Å². The lowest BCUT2D eigenvalue weighted by Crippen LogP contribution is -2.08. The summed E-state index contributed by atoms with van der Waals surface area (Å²) in [7, 11) is 0. The first-order valence-electron chi connectivity index (χ1n) is 20.8. The Morgan fingerprint density at radius 1 is 0.368 bits per heavy atom. The number of aromatic nitrogens is 4. The number of nitrogens with zero attached hydrogens (tertiary/aromatic N) is 2. The van der Waals surface area contributed by atoms with Gasteiger partial charge < -0.3 is 28.9 Å². The Balaban J connectivity index is 1.41. The van der Waals surface area contributed by atoms with E-state index in [2.05, 4.69) is 9.97 Å². The maximum atomic E-state index is 12.4. The maximum absolute atomic E-state index is 12.4. The monoisotopic (exact) mass is 982 g/mol. The number of rotatable bonds is 12. The quantitative estimate of drug-likeness (QED) is 0.0684. The number of halogens is 4. The molecule has 5 heterocycles. The summed E-state index contributed by atoms with van der Waals surface area (Å²) in [6, 6.07) is 35.8. The van der Waals surface area contributed by atoms with Gasteiger partial charge in [-0.05, 0) is 119 Å². The molecule has 0 saturated carbocycles. The van der Waals surface area contributed by atoms with Crippen LogP contribution in [-0.2, 0) is 19.2 Å². The molecule has 9 rings (SSSR count). The van der Waals surface area contributed by atoms with Crippen molar-refractivity contribution in [3.8, 4) is 67.5 Å². The fourth-order valence-electron chi connectivity index (χ4n) is 7.92. The number of alkyl halides is 4. The number of nitrogens with one attached hydrogen (secondary N) is 2. The third-order valence-electron chi connectivity index (χ3n) is 10.6. The molecule has 0 fully saturated rings. The first kappa shape index (κ1) is 45.7. The highest BCUT2D eigenvalue weighted by Crippen LogP contribution is 2.40. The molecular weight excluding hydrogens is 950 g/mol. The summed E-state index contributed by atoms with van der Waals surface area (Å²) >= 11 is 23.3. The van der Waals surface area contributed by atoms with E-state index in [0.29, 0.717) is 89.4 Å². The van der Waals surface area contributed by atoms with Gasteiger partial charge in [0.1, 0.15) is 46.5 Å². The zero-order valence-electron chi connectivity index (χ0n) is 35.4. The first-order valence-corrected chi connectivity index (χ1v) is 22.9. The van der Waals surface area contributed by atoms with Crippen LogP contribution < -0.4 is 18.9 Å². The standard InChI is InChI=1S/C52H34Cl4N4O8/c53-25-45(61)65-33-9-1-5-29(21-33)49-37-13-15-39(57-37)50(30-6-2-10-34(22-30)66-46(62)26-54)41-17-19-43(59-41)52(32-8-4-12-36(24-32)68-48(64)28-56)44-20-18-42(60-44)51(40-16-14-38(49)58-40)31-7-3-11-35(23-31)67-47(63)27-55/h1-24,57,60H,25-28H2. The number of carbonyl (C=O) groups is 4. The number of aromatic amines is 2. The molecule has 2 N–H and O–H groups in total. The van der Waals surface area contributed by atoms with Crippen molar-refractivity contribution >= 4 is 117 Å². The van der Waals surface area contributed by atoms with Gasteiger partial charge in [0.15, 0.2) is 0 Å². The van der Waals surface area contributed by atoms with Gasteiger partial charge >= 0.3 is 23.9 Å². The summed E-state index contributed by atoms with van der Waals surface area (Å²) in [6.07, 6.45) is 7.54. The second-order valence-corrected chi connectivity index (χ2v) is 16.1. The molecule has 2 aliphatic rings. The van der Waals surface area contributed by atoms with Crippen molar-refractivity contribution in [1.82, 2.24) is 19.9 Å². The number of H-pyrrole nitrogens is 2. The Bertz CT molecular complexity index is 2980. The number of ether oxygens (including phenoxy) is 4. The molecule has 7 aromatic rings. The lowest BCUT2D eigenvalue weighted by atomic mass is 10.0. The summed E-state index contributed by atoms with van der Waals surface area (Å²) in [5.74, 6) is -2.70. The van der Waals surface area contributed by atoms with E-state index in [4.69, 9.17) is 75.3 Å². The van der Waals surface area contributed by atoms with Crippen LogP contribution in [0.3, 0.4) is 0 Å². The number of hydrogen-bond acceptors (Lipinski definition) is 10. The smallest absolute Gasteiger partial charge is 0.326 e. The number of benzene rings is 4. The van der Waals surface area contributed by atoms with Crippen LogP contribution in [0.15, 0.2) is 121 Å². The minimum absolute atomic E-state index is 0.278. The zero-order chi connectivity index (χ0) is 47.3. The van der Waals surface area contributed by atoms with Crippen LogP contribution in [0.4, 0.5) is 0 Å². The molecule has 68 heavy (non-hydrogen) atoms. The second-order valence-electron chi connectivity index (χ2n) is 15.0. The number of carbonyl (C=O) groups excluding carboxylic acids is 4. The Morgan fingerprint density at radius 3 is 0.824 bits per heavy atom. The Kier molecular flexibility index (Phi) is 13.5. The number of fused-ring (bicyclic) bond motifs is 8. The predicted octanol–water partition coefficient (Wildman–Crippen LogP) is 11.9. The lowest BCUT2D eigenvalue weighted by molar-refractivity contribution is -0.132. The Labute approximate surface area is 407 Å². The first-order chi connectivity index (χ1) is 33.1. The van der Waals surface area contributed by atoms with E-state index in [9.17, 15) is 19.2 Å². The Hall–Kier alpha value is -7.48. The highest BCUT2D eigenvalue weighted by atomic mass is 35.5. The molecule has 0 unspecified atom stereocenters. The molecule has 2 aliphatic heterocycles. The Morgan fingerprint density at radius 2 is 0.603 bits per heavy atom. The normalized spacial score (nSPS) is 11.6. The second kappa shape index (κ2) is 20.2. The highest BCUT2D eigenvalue weighted by molar-refractivity contribution is 6.27. The summed E-state index contributed by atoms with van der Waals surface area (Å²) < 4.78 is 22.2. The van der Waals surface area contributed by atoms with Gasteiger partial charge in [-0.3, -0.25) is 19.2 Å². The average Bonchev–Trinajstić information content (AvgIpc) is 4.20. The molecule has 0 saturated heterocycles. The van der Waals surface area contributed by atoms with Crippen LogP contribution in [-0.4, -0.2) is 67.3 Å². The summed E-state index contributed by atoms with van der Waals surface area (Å²) in [4.78, 5) is 67.3. The minimum Gasteiger partial charge on any atom is -0.426 e. The SMILES string of the molecule is O=C(CCl)Oc1cccc(-c2c3nc(c(-c4cccc(OC(=O)CCl)c4)c4ccc([nH]4)c(-c4cccc(OC(=O)CCl)c4)c4nc(c(-c5cccc(OC(=O)CCl)c5)c5ccc2[nH]5)C=C4)C=C3)c1. The molecule has 8 bridgehead atoms. The van der Waals surface area contributed by atoms with E-state index in [-0.39, 0.29) is 46.5 Å². The van der Waals surface area contributed by atoms with Gasteiger partial charge in [-0.2, -0.15) is 0 Å². The van der Waals surface area contributed by atoms with Crippen LogP contribution >= 0.6 is 46.4 Å². The predicted molar refractivity (Wildman–Crippen MR) is 266 cm³/mol. The topological polar surface area (TPSA) is 163 Å². The van der Waals surface area contributed by atoms with Gasteiger partial charge in [0, 0.05) is 44.3 Å². The van der Waals surface area contributed by atoms with E-state index in [0.717, 1.165) is 0 Å². The molecule has 338 valence electrons. The zero-order valence-corrected chi connectivity index (χ0v) is 38.4. The summed E-state index contributed by atoms with van der Waals surface area (Å²) in [5, 5.41) is 0. The largest absolute Gasteiger partial charge is 0.426 e. The number of hydrogen-bond donors (Lipinski definition) is 2. The fourth-order valence-corrected chi connectivity index (χ4v) is 8.13. The van der Waals surface area contributed by atoms with Gasteiger partial charge in [0.25, 0.3) is 0 Å². The molecule has 16 heteroatoms. The van der Waals surface area contributed by atoms with Crippen molar-refractivity contribution in [3.05, 3.63) is 144 Å². The van der Waals surface area contributed by atoms with Gasteiger partial charge in [-0.1, -0.05) is 48.5 Å². The van der Waals surface area contributed by atoms with Crippen molar-refractivity contribution in [3.63, 3.8) is 0 Å². The lowest BCUT2D eigenvalue weighted by Gasteiger charge is -2.09. The molecule has 0 aliphatic carbocycles. The third-order valence-corrected chi connectivity index (χ3v) is 11.5. The van der Waals surface area contributed by atoms with Gasteiger partial charge in [0.05, 0.1) is 22.8 Å². The minimum atomic E-state index is -0.617. The van der Waals surface area contributed by atoms with Crippen LogP contribution in [0, 0.1) is 0 Å². The maximum Gasteiger partial charge on any atom is 0.326 e. The number of esters is 4. The average molecular weight is 985 g/mol. The fraction of sp³-hybridized carbons (Fsp3) is 0.0769. The summed E-state index contributed by atoms with van der Waals surface area (Å²) in [5.41, 5.74) is 10.0. The molecule has 4 aromatic carbocycles. The summed E-state index contributed by atoms with van der Waals surface area (Å²) in [6.45, 7) is 0. The van der Waals surface area contributed by atoms with Gasteiger partial charge in [-0.25, -0.2) is 9.97 Å².